The molecule has 200 valence electrons. The van der Waals surface area contributed by atoms with Crippen LogP contribution in [0.5, 0.6) is 5.75 Å². The summed E-state index contributed by atoms with van der Waals surface area (Å²) in [4.78, 5) is 41.0. The van der Waals surface area contributed by atoms with Crippen molar-refractivity contribution in [3.05, 3.63) is 23.3 Å². The maximum Gasteiger partial charge on any atom is 0.224 e. The van der Waals surface area contributed by atoms with E-state index in [9.17, 15) is 34.8 Å². The smallest absolute Gasteiger partial charge is 0.224 e. The number of phenols is 1. The average Bonchev–Trinajstić information content (AvgIpc) is 2.83. The number of carbonyl (C=O) groups excluding carboxylic acids is 3. The zero-order valence-corrected chi connectivity index (χ0v) is 20.9. The molecule has 36 heavy (non-hydrogen) atoms. The molecule has 1 fully saturated rings. The van der Waals surface area contributed by atoms with Crippen molar-refractivity contribution < 1.29 is 39.5 Å². The minimum Gasteiger partial charge on any atom is -0.505 e. The number of fused-ring (bicyclic) bond motifs is 1. The number of phenolic OH excluding ortho intramolecular Hbond substituents is 1. The van der Waals surface area contributed by atoms with Gasteiger partial charge < -0.3 is 40.7 Å². The summed E-state index contributed by atoms with van der Waals surface area (Å²) in [5.74, 6) is -3.51. The Balaban J connectivity index is 1.91. The number of ketones is 2. The molecule has 1 aromatic carbocycles. The number of rotatable bonds is 11. The van der Waals surface area contributed by atoms with Crippen LogP contribution in [0.15, 0.2) is 12.1 Å². The lowest BCUT2D eigenvalue weighted by Gasteiger charge is -2.42. The molecule has 11 nitrogen and oxygen atoms in total. The van der Waals surface area contributed by atoms with Gasteiger partial charge in [-0.15, -0.1) is 0 Å². The maximum atomic E-state index is 13.2. The number of Topliss-reactive ketones (excluding diaryl/α,β-unsaturated/α-hetero) is 2. The first-order valence-corrected chi connectivity index (χ1v) is 12.2. The fourth-order valence-corrected chi connectivity index (χ4v) is 5.48. The third-order valence-corrected chi connectivity index (χ3v) is 7.43. The highest BCUT2D eigenvalue weighted by molar-refractivity contribution is 6.03. The number of nitrogens with zero attached hydrogens (tertiary/aromatic N) is 2. The van der Waals surface area contributed by atoms with Crippen LogP contribution in [-0.2, 0) is 20.7 Å². The first kappa shape index (κ1) is 28.0. The first-order valence-electron chi connectivity index (χ1n) is 12.2. The molecule has 2 aliphatic rings. The van der Waals surface area contributed by atoms with E-state index in [-0.39, 0.29) is 35.9 Å². The number of ether oxygens (including phenoxy) is 1. The van der Waals surface area contributed by atoms with Crippen molar-refractivity contribution in [1.29, 1.82) is 0 Å². The fraction of sp³-hybridized carbons (Fsp3) is 0.640. The number of anilines is 1. The number of aliphatic hydroxyl groups is 3. The Bertz CT molecular complexity index is 978. The van der Waals surface area contributed by atoms with Crippen molar-refractivity contribution in [1.82, 2.24) is 4.90 Å². The van der Waals surface area contributed by atoms with E-state index in [2.05, 4.69) is 0 Å². The van der Waals surface area contributed by atoms with Crippen LogP contribution < -0.4 is 10.6 Å². The number of amides is 1. The zero-order chi connectivity index (χ0) is 26.6. The van der Waals surface area contributed by atoms with Crippen LogP contribution in [0, 0.1) is 11.8 Å². The predicted molar refractivity (Wildman–Crippen MR) is 131 cm³/mol. The van der Waals surface area contributed by atoms with Gasteiger partial charge in [-0.2, -0.15) is 0 Å². The highest BCUT2D eigenvalue weighted by Gasteiger charge is 2.49. The van der Waals surface area contributed by atoms with Crippen molar-refractivity contribution >= 4 is 23.2 Å². The second-order valence-corrected chi connectivity index (χ2v) is 9.97. The molecule has 0 radical (unpaired) electrons. The van der Waals surface area contributed by atoms with Crippen molar-refractivity contribution in [3.63, 3.8) is 0 Å². The highest BCUT2D eigenvalue weighted by atomic mass is 16.5. The van der Waals surface area contributed by atoms with Gasteiger partial charge in [0.25, 0.3) is 0 Å². The van der Waals surface area contributed by atoms with E-state index in [1.165, 1.54) is 0 Å². The number of morpholine rings is 1. The molecule has 11 heteroatoms. The number of hydrogen-bond donors (Lipinski definition) is 5. The Morgan fingerprint density at radius 2 is 1.89 bits per heavy atom. The molecule has 1 aliphatic carbocycles. The van der Waals surface area contributed by atoms with E-state index in [4.69, 9.17) is 10.5 Å². The van der Waals surface area contributed by atoms with Crippen LogP contribution in [-0.4, -0.2) is 108 Å². The number of primary amides is 1. The molecule has 1 aliphatic heterocycles. The molecule has 1 aromatic rings. The van der Waals surface area contributed by atoms with Crippen molar-refractivity contribution in [2.75, 3.05) is 58.5 Å². The Morgan fingerprint density at radius 3 is 2.44 bits per heavy atom. The fourth-order valence-electron chi connectivity index (χ4n) is 5.48. The maximum absolute atomic E-state index is 13.2. The Morgan fingerprint density at radius 1 is 1.22 bits per heavy atom. The SMILES string of the molecule is CN(C)[C@H](CO)[C@H](C[C@H]1CC(=O)c2c(ccc(N3CCOCC3)c2O)C1)[C@](O)(CO)C(=O)CC(N)=O. The van der Waals surface area contributed by atoms with E-state index in [1.54, 1.807) is 25.1 Å². The van der Waals surface area contributed by atoms with Crippen LogP contribution in [0.1, 0.15) is 35.2 Å². The number of likely N-dealkylation sites (N-methyl/N-ethyl adjacent to an activating group) is 1. The van der Waals surface area contributed by atoms with Crippen molar-refractivity contribution in [2.24, 2.45) is 17.6 Å². The van der Waals surface area contributed by atoms with Crippen LogP contribution in [0.2, 0.25) is 0 Å². The normalized spacial score (nSPS) is 21.6. The summed E-state index contributed by atoms with van der Waals surface area (Å²) in [6, 6.07) is 2.85. The third kappa shape index (κ3) is 5.70. The number of benzene rings is 1. The molecule has 4 atom stereocenters. The minimum absolute atomic E-state index is 0.0561. The molecule has 3 rings (SSSR count). The predicted octanol–water partition coefficient (Wildman–Crippen LogP) is -0.929. The second kappa shape index (κ2) is 11.7. The largest absolute Gasteiger partial charge is 0.505 e. The summed E-state index contributed by atoms with van der Waals surface area (Å²) in [6.45, 7) is 0.899. The number of carbonyl (C=O) groups is 3. The van der Waals surface area contributed by atoms with Gasteiger partial charge in [-0.3, -0.25) is 14.4 Å². The molecule has 1 saturated heterocycles. The van der Waals surface area contributed by atoms with Gasteiger partial charge in [0, 0.05) is 31.5 Å². The molecule has 0 bridgehead atoms. The van der Waals surface area contributed by atoms with Gasteiger partial charge in [-0.05, 0) is 44.5 Å². The number of hydrogen-bond acceptors (Lipinski definition) is 10. The first-order chi connectivity index (χ1) is 17.0. The summed E-state index contributed by atoms with van der Waals surface area (Å²) in [5, 5.41) is 42.3. The van der Waals surface area contributed by atoms with Crippen molar-refractivity contribution in [2.45, 2.75) is 37.3 Å². The number of aromatic hydroxyl groups is 1. The molecule has 0 spiro atoms. The Hall–Kier alpha value is -2.57. The quantitative estimate of drug-likeness (QED) is 0.235. The molecule has 6 N–H and O–H groups in total. The molecule has 0 saturated carbocycles. The van der Waals surface area contributed by atoms with Crippen molar-refractivity contribution in [3.8, 4) is 5.75 Å². The molecule has 1 heterocycles. The van der Waals surface area contributed by atoms with Crippen LogP contribution in [0.25, 0.3) is 0 Å². The summed E-state index contributed by atoms with van der Waals surface area (Å²) < 4.78 is 5.37. The lowest BCUT2D eigenvalue weighted by atomic mass is 9.70. The summed E-state index contributed by atoms with van der Waals surface area (Å²) in [5.41, 5.74) is 4.34. The monoisotopic (exact) mass is 507 g/mol. The average molecular weight is 508 g/mol. The number of nitrogens with two attached hydrogens (primary N) is 1. The number of aliphatic hydroxyl groups excluding tert-OH is 2. The van der Waals surface area contributed by atoms with Gasteiger partial charge in [0.1, 0.15) is 5.75 Å². The minimum atomic E-state index is -2.33. The summed E-state index contributed by atoms with van der Waals surface area (Å²) in [6.07, 6.45) is -0.196. The Kier molecular flexibility index (Phi) is 9.07. The highest BCUT2D eigenvalue weighted by Crippen LogP contribution is 2.42. The van der Waals surface area contributed by atoms with E-state index >= 15 is 0 Å². The summed E-state index contributed by atoms with van der Waals surface area (Å²) >= 11 is 0. The van der Waals surface area contributed by atoms with E-state index in [0.717, 1.165) is 0 Å². The molecular formula is C25H37N3O8. The standard InChI is InChI=1S/C25H37N3O8/c1-27(2)19(13-29)17(25(35,14-30)21(32)12-22(26)33)10-15-9-16-3-4-18(28-5-7-36-8-6-28)24(34)23(16)20(31)11-15/h3-4,15,17,19,29-30,34-35H,5-14H2,1-2H3,(H2,26,33)/t15-,17-,19+,25+/m0/s1. The van der Waals surface area contributed by atoms with Gasteiger partial charge >= 0.3 is 0 Å². The van der Waals surface area contributed by atoms with Crippen LogP contribution in [0.4, 0.5) is 5.69 Å². The van der Waals surface area contributed by atoms with Gasteiger partial charge in [0.15, 0.2) is 17.2 Å². The molecular weight excluding hydrogens is 470 g/mol. The van der Waals surface area contributed by atoms with E-state index < -0.39 is 48.9 Å². The van der Waals surface area contributed by atoms with Gasteiger partial charge in [0.05, 0.1) is 44.1 Å². The lowest BCUT2D eigenvalue weighted by Crippen LogP contribution is -2.58. The van der Waals surface area contributed by atoms with Gasteiger partial charge in [-0.1, -0.05) is 6.07 Å². The van der Waals surface area contributed by atoms with Crippen LogP contribution >= 0.6 is 0 Å². The van der Waals surface area contributed by atoms with Crippen LogP contribution in [0.3, 0.4) is 0 Å². The Labute approximate surface area is 210 Å². The van der Waals surface area contributed by atoms with E-state index in [0.29, 0.717) is 44.0 Å². The topological polar surface area (TPSA) is 174 Å². The van der Waals surface area contributed by atoms with Gasteiger partial charge in [0.2, 0.25) is 5.91 Å². The second-order valence-electron chi connectivity index (χ2n) is 9.97. The zero-order valence-electron chi connectivity index (χ0n) is 20.9. The van der Waals surface area contributed by atoms with E-state index in [1.807, 2.05) is 11.0 Å². The third-order valence-electron chi connectivity index (χ3n) is 7.43. The lowest BCUT2D eigenvalue weighted by molar-refractivity contribution is -0.157. The molecule has 0 unspecified atom stereocenters. The van der Waals surface area contributed by atoms with Gasteiger partial charge in [-0.25, -0.2) is 0 Å². The summed E-state index contributed by atoms with van der Waals surface area (Å²) in [7, 11) is 3.33. The molecule has 0 aromatic heterocycles. The molecule has 1 amide bonds.